The van der Waals surface area contributed by atoms with E-state index in [4.69, 9.17) is 0 Å². The Morgan fingerprint density at radius 3 is 2.94 bits per heavy atom. The first-order chi connectivity index (χ1) is 8.15. The standard InChI is InChI=1S/C12H16INO2S/c1-17-7-3-2-6-14-12(16)10-8-9(13)4-5-11(10)15/h4-5,8,15H,2-3,6-7H2,1H3,(H,14,16). The highest BCUT2D eigenvalue weighted by Crippen LogP contribution is 2.19. The molecule has 0 spiro atoms. The van der Waals surface area contributed by atoms with E-state index in [1.807, 2.05) is 11.8 Å². The highest BCUT2D eigenvalue weighted by Gasteiger charge is 2.10. The minimum Gasteiger partial charge on any atom is -0.507 e. The molecule has 0 heterocycles. The van der Waals surface area contributed by atoms with Gasteiger partial charge in [-0.2, -0.15) is 11.8 Å². The predicted octanol–water partition coefficient (Wildman–Crippen LogP) is 2.87. The van der Waals surface area contributed by atoms with Gasteiger partial charge in [-0.15, -0.1) is 0 Å². The van der Waals surface area contributed by atoms with Crippen LogP contribution in [0.25, 0.3) is 0 Å². The number of phenols is 1. The van der Waals surface area contributed by atoms with Crippen molar-refractivity contribution in [1.29, 1.82) is 0 Å². The summed E-state index contributed by atoms with van der Waals surface area (Å²) in [5.41, 5.74) is 0.349. The fourth-order valence-electron chi connectivity index (χ4n) is 1.36. The zero-order valence-corrected chi connectivity index (χ0v) is 12.7. The molecule has 1 aromatic rings. The maximum atomic E-state index is 11.8. The smallest absolute Gasteiger partial charge is 0.255 e. The molecule has 0 saturated heterocycles. The molecule has 1 amide bonds. The largest absolute Gasteiger partial charge is 0.507 e. The van der Waals surface area contributed by atoms with Crippen molar-refractivity contribution in [3.63, 3.8) is 0 Å². The molecule has 1 rings (SSSR count). The van der Waals surface area contributed by atoms with E-state index in [0.717, 1.165) is 22.2 Å². The van der Waals surface area contributed by atoms with Crippen LogP contribution >= 0.6 is 34.4 Å². The molecule has 94 valence electrons. The van der Waals surface area contributed by atoms with Crippen molar-refractivity contribution in [2.45, 2.75) is 12.8 Å². The molecule has 0 aliphatic rings. The molecule has 0 atom stereocenters. The summed E-state index contributed by atoms with van der Waals surface area (Å²) in [5, 5.41) is 12.4. The summed E-state index contributed by atoms with van der Waals surface area (Å²) >= 11 is 3.93. The topological polar surface area (TPSA) is 49.3 Å². The lowest BCUT2D eigenvalue weighted by Crippen LogP contribution is -2.24. The quantitative estimate of drug-likeness (QED) is 0.602. The van der Waals surface area contributed by atoms with Crippen LogP contribution in [-0.2, 0) is 0 Å². The molecule has 17 heavy (non-hydrogen) atoms. The number of carbonyl (C=O) groups excluding carboxylic acids is 1. The number of nitrogens with one attached hydrogen (secondary N) is 1. The summed E-state index contributed by atoms with van der Waals surface area (Å²) in [6.07, 6.45) is 4.14. The third-order valence-electron chi connectivity index (χ3n) is 2.26. The Kier molecular flexibility index (Phi) is 6.72. The molecule has 0 aliphatic carbocycles. The van der Waals surface area contributed by atoms with E-state index in [1.54, 1.807) is 18.2 Å². The molecular formula is C12H16INO2S. The highest BCUT2D eigenvalue weighted by molar-refractivity contribution is 14.1. The van der Waals surface area contributed by atoms with Gasteiger partial charge in [0.1, 0.15) is 5.75 Å². The molecule has 0 unspecified atom stereocenters. The van der Waals surface area contributed by atoms with Gasteiger partial charge in [0.2, 0.25) is 0 Å². The normalized spacial score (nSPS) is 10.2. The number of rotatable bonds is 6. The number of amides is 1. The SMILES string of the molecule is CSCCCCNC(=O)c1cc(I)ccc1O. The van der Waals surface area contributed by atoms with E-state index in [1.165, 1.54) is 0 Å². The number of halogens is 1. The van der Waals surface area contributed by atoms with Crippen LogP contribution in [0.1, 0.15) is 23.2 Å². The van der Waals surface area contributed by atoms with Gasteiger partial charge < -0.3 is 10.4 Å². The number of thioether (sulfide) groups is 1. The lowest BCUT2D eigenvalue weighted by Gasteiger charge is -2.07. The lowest BCUT2D eigenvalue weighted by molar-refractivity contribution is 0.0950. The fraction of sp³-hybridized carbons (Fsp3) is 0.417. The van der Waals surface area contributed by atoms with Crippen LogP contribution < -0.4 is 5.32 Å². The monoisotopic (exact) mass is 365 g/mol. The number of hydrogen-bond donors (Lipinski definition) is 2. The van der Waals surface area contributed by atoms with Gasteiger partial charge in [-0.05, 0) is 65.6 Å². The Balaban J connectivity index is 2.44. The Morgan fingerprint density at radius 2 is 2.24 bits per heavy atom. The molecule has 0 aromatic heterocycles. The zero-order chi connectivity index (χ0) is 12.7. The van der Waals surface area contributed by atoms with E-state index >= 15 is 0 Å². The summed E-state index contributed by atoms with van der Waals surface area (Å²) in [4.78, 5) is 11.8. The van der Waals surface area contributed by atoms with Crippen molar-refractivity contribution < 1.29 is 9.90 Å². The van der Waals surface area contributed by atoms with E-state index in [2.05, 4.69) is 34.2 Å². The summed E-state index contributed by atoms with van der Waals surface area (Å²) in [7, 11) is 0. The van der Waals surface area contributed by atoms with Gasteiger partial charge in [0.25, 0.3) is 5.91 Å². The molecule has 0 fully saturated rings. The van der Waals surface area contributed by atoms with Crippen LogP contribution in [0.4, 0.5) is 0 Å². The molecule has 0 radical (unpaired) electrons. The van der Waals surface area contributed by atoms with Crippen LogP contribution in [0.3, 0.4) is 0 Å². The first kappa shape index (κ1) is 14.6. The molecule has 3 nitrogen and oxygen atoms in total. The van der Waals surface area contributed by atoms with Gasteiger partial charge >= 0.3 is 0 Å². The van der Waals surface area contributed by atoms with Crippen LogP contribution in [-0.4, -0.2) is 29.6 Å². The summed E-state index contributed by atoms with van der Waals surface area (Å²) in [5.74, 6) is 0.946. The minimum atomic E-state index is -0.204. The lowest BCUT2D eigenvalue weighted by atomic mass is 10.2. The maximum absolute atomic E-state index is 11.8. The van der Waals surface area contributed by atoms with Gasteiger partial charge in [0.15, 0.2) is 0 Å². The van der Waals surface area contributed by atoms with Gasteiger partial charge in [0, 0.05) is 10.1 Å². The number of benzene rings is 1. The third kappa shape index (κ3) is 5.16. The molecule has 5 heteroatoms. The molecule has 0 aliphatic heterocycles. The summed E-state index contributed by atoms with van der Waals surface area (Å²) in [6, 6.07) is 5.00. The van der Waals surface area contributed by atoms with Crippen LogP contribution in [0.5, 0.6) is 5.75 Å². The predicted molar refractivity (Wildman–Crippen MR) is 80.8 cm³/mol. The van der Waals surface area contributed by atoms with Crippen molar-refractivity contribution in [1.82, 2.24) is 5.32 Å². The van der Waals surface area contributed by atoms with Gasteiger partial charge in [-0.3, -0.25) is 4.79 Å². The van der Waals surface area contributed by atoms with Crippen LogP contribution in [0, 0.1) is 3.57 Å². The zero-order valence-electron chi connectivity index (χ0n) is 9.70. The average Bonchev–Trinajstić information content (AvgIpc) is 2.32. The number of phenolic OH excluding ortho intramolecular Hbond substituents is 1. The Hall–Kier alpha value is -0.430. The Labute approximate surface area is 120 Å². The second-order valence-electron chi connectivity index (χ2n) is 3.62. The van der Waals surface area contributed by atoms with E-state index in [-0.39, 0.29) is 11.7 Å². The molecule has 0 saturated carbocycles. The first-order valence-corrected chi connectivity index (χ1v) is 7.88. The maximum Gasteiger partial charge on any atom is 0.255 e. The summed E-state index contributed by atoms with van der Waals surface area (Å²) < 4.78 is 0.938. The molecular weight excluding hydrogens is 349 g/mol. The Bertz CT molecular complexity index is 385. The van der Waals surface area contributed by atoms with E-state index in [9.17, 15) is 9.90 Å². The third-order valence-corrected chi connectivity index (χ3v) is 3.63. The minimum absolute atomic E-state index is 0.0343. The fourth-order valence-corrected chi connectivity index (χ4v) is 2.34. The highest BCUT2D eigenvalue weighted by atomic mass is 127. The second-order valence-corrected chi connectivity index (χ2v) is 5.85. The van der Waals surface area contributed by atoms with Gasteiger partial charge in [-0.25, -0.2) is 0 Å². The first-order valence-electron chi connectivity index (χ1n) is 5.41. The van der Waals surface area contributed by atoms with Crippen LogP contribution in [0.15, 0.2) is 18.2 Å². The van der Waals surface area contributed by atoms with Crippen molar-refractivity contribution in [2.24, 2.45) is 0 Å². The van der Waals surface area contributed by atoms with Crippen molar-refractivity contribution in [3.05, 3.63) is 27.3 Å². The van der Waals surface area contributed by atoms with E-state index in [0.29, 0.717) is 12.1 Å². The van der Waals surface area contributed by atoms with Crippen molar-refractivity contribution in [2.75, 3.05) is 18.6 Å². The molecule has 0 bridgehead atoms. The number of hydrogen-bond acceptors (Lipinski definition) is 3. The molecule has 1 aromatic carbocycles. The van der Waals surface area contributed by atoms with Crippen molar-refractivity contribution in [3.8, 4) is 5.75 Å². The van der Waals surface area contributed by atoms with E-state index < -0.39 is 0 Å². The Morgan fingerprint density at radius 1 is 1.47 bits per heavy atom. The number of carbonyl (C=O) groups is 1. The van der Waals surface area contributed by atoms with Crippen molar-refractivity contribution >= 4 is 40.3 Å². The second kappa shape index (κ2) is 7.81. The number of aromatic hydroxyl groups is 1. The average molecular weight is 365 g/mol. The molecule has 2 N–H and O–H groups in total. The summed E-state index contributed by atoms with van der Waals surface area (Å²) in [6.45, 7) is 0.657. The van der Waals surface area contributed by atoms with Gasteiger partial charge in [-0.1, -0.05) is 0 Å². The van der Waals surface area contributed by atoms with Gasteiger partial charge in [0.05, 0.1) is 5.56 Å². The number of unbranched alkanes of at least 4 members (excludes halogenated alkanes) is 1. The van der Waals surface area contributed by atoms with Crippen LogP contribution in [0.2, 0.25) is 0 Å².